The van der Waals surface area contributed by atoms with Gasteiger partial charge in [0, 0.05) is 65.5 Å². The molecule has 9 nitrogen and oxygen atoms in total. The van der Waals surface area contributed by atoms with Gasteiger partial charge >= 0.3 is 0 Å². The third-order valence-electron chi connectivity index (χ3n) is 18.4. The molecule has 13 rings (SSSR count). The van der Waals surface area contributed by atoms with Gasteiger partial charge < -0.3 is 14.4 Å². The Bertz CT molecular complexity index is 4460. The van der Waals surface area contributed by atoms with Crippen LogP contribution in [0.3, 0.4) is 0 Å². The summed E-state index contributed by atoms with van der Waals surface area (Å²) < 4.78 is 14.8. The minimum absolute atomic E-state index is 0.131. The molecule has 0 bridgehead atoms. The number of ether oxygens (including phenoxy) is 2. The van der Waals surface area contributed by atoms with Gasteiger partial charge in [-0.3, -0.25) is 24.1 Å². The van der Waals surface area contributed by atoms with Crippen molar-refractivity contribution in [1.29, 1.82) is 0 Å². The number of hydrogen-bond acceptors (Lipinski definition) is 8. The van der Waals surface area contributed by atoms with Crippen LogP contribution in [0.25, 0.3) is 43.1 Å². The maximum absolute atomic E-state index is 15.9. The summed E-state index contributed by atoms with van der Waals surface area (Å²) in [5.41, 5.74) is 8.21. The molecule has 88 heavy (non-hydrogen) atoms. The van der Waals surface area contributed by atoms with Crippen molar-refractivity contribution in [2.45, 2.75) is 154 Å². The van der Waals surface area contributed by atoms with Crippen LogP contribution in [0.15, 0.2) is 155 Å². The molecule has 4 amide bonds. The topological polar surface area (TPSA) is 96.5 Å². The summed E-state index contributed by atoms with van der Waals surface area (Å²) in [6.07, 6.45) is 3.74. The Hall–Kier alpha value is -8.47. The summed E-state index contributed by atoms with van der Waals surface area (Å²) in [5.74, 6) is 0.475. The molecule has 0 fully saturated rings. The maximum atomic E-state index is 15.9. The Labute approximate surface area is 521 Å². The SMILES string of the molecule is CCCCC(CC)CN1C(=O)c2ccc3c4c(Oc5cc(C(C)(C)C)cc(C(C)(C)C)c5)cc5c6c(ccc(c7c(Oc8cc(C(C)(C)C)cc(C(C)(C)C)c8)cc(c2c37)C1=O)c64)C(=O)N(c1ccc(N2c3ccccc3Sc3ccccc32)cc1)C5=O. The second-order valence-electron chi connectivity index (χ2n) is 28.6. The van der Waals surface area contributed by atoms with E-state index in [2.05, 4.69) is 162 Å². The lowest BCUT2D eigenvalue weighted by atomic mass is 9.80. The third kappa shape index (κ3) is 9.78. The van der Waals surface area contributed by atoms with E-state index < -0.39 is 11.8 Å². The second-order valence-corrected chi connectivity index (χ2v) is 29.7. The normalized spacial score (nSPS) is 14.9. The molecule has 1 atom stereocenters. The molecule has 10 heteroatoms. The highest BCUT2D eigenvalue weighted by Gasteiger charge is 2.41. The predicted octanol–water partition coefficient (Wildman–Crippen LogP) is 21.1. The fraction of sp³-hybridized carbons (Fsp3) is 0.308. The maximum Gasteiger partial charge on any atom is 0.266 e. The summed E-state index contributed by atoms with van der Waals surface area (Å²) >= 11 is 1.73. The molecule has 10 aromatic rings. The number of imide groups is 2. The molecule has 0 radical (unpaired) electrons. The van der Waals surface area contributed by atoms with Crippen LogP contribution in [0.2, 0.25) is 0 Å². The standard InChI is InChI=1S/C78H77N3O6S/c1-15-17-22-44(16-2)43-79-71(82)55-33-31-53-68-62(87-52-39-47(77(9,10)11)36-48(40-52)78(12,13)14)42-58-66-56(73(84)81(74(58)85)50-29-27-49(28-30-50)80-59-23-18-20-25-63(59)88-64-26-21-19-24-60(64)80)34-32-54(70(66)68)67-61(41-57(72(79)83)65(55)69(53)67)86-51-37-45(75(3,4)5)35-46(38-51)76(6,7)8/h18-21,23-42,44H,15-17,22,43H2,1-14H3. The van der Waals surface area contributed by atoms with Crippen LogP contribution in [-0.4, -0.2) is 35.1 Å². The van der Waals surface area contributed by atoms with Crippen LogP contribution in [0.1, 0.15) is 186 Å². The summed E-state index contributed by atoms with van der Waals surface area (Å²) in [7, 11) is 0. The molecule has 3 heterocycles. The second kappa shape index (κ2) is 21.1. The first-order chi connectivity index (χ1) is 41.7. The van der Waals surface area contributed by atoms with Gasteiger partial charge in [-0.05, 0) is 164 Å². The molecular weight excluding hydrogens is 1110 g/mol. The summed E-state index contributed by atoms with van der Waals surface area (Å²) in [6, 6.07) is 48.4. The Kier molecular flexibility index (Phi) is 14.0. The highest BCUT2D eigenvalue weighted by atomic mass is 32.2. The number of unbranched alkanes of at least 4 members (excludes halogenated alkanes) is 1. The smallest absolute Gasteiger partial charge is 0.266 e. The largest absolute Gasteiger partial charge is 0.457 e. The first-order valence-electron chi connectivity index (χ1n) is 31.2. The molecule has 0 N–H and O–H groups in total. The van der Waals surface area contributed by atoms with E-state index in [-0.39, 0.29) is 39.4 Å². The van der Waals surface area contributed by atoms with Crippen molar-refractivity contribution in [2.24, 2.45) is 5.92 Å². The van der Waals surface area contributed by atoms with Crippen LogP contribution in [-0.2, 0) is 21.7 Å². The Morgan fingerprint density at radius 2 is 0.818 bits per heavy atom. The summed E-state index contributed by atoms with van der Waals surface area (Å²) in [5, 5.41) is 5.01. The van der Waals surface area contributed by atoms with Gasteiger partial charge in [-0.2, -0.15) is 0 Å². The molecule has 0 spiro atoms. The molecule has 1 unspecified atom stereocenters. The highest BCUT2D eigenvalue weighted by Crippen LogP contribution is 2.55. The fourth-order valence-corrected chi connectivity index (χ4v) is 14.3. The number of carbonyl (C=O) groups is 4. The van der Waals surface area contributed by atoms with Crippen LogP contribution < -0.4 is 19.3 Å². The molecule has 446 valence electrons. The lowest BCUT2D eigenvalue weighted by molar-refractivity contribution is 0.0579. The fourth-order valence-electron chi connectivity index (χ4n) is 13.2. The predicted molar refractivity (Wildman–Crippen MR) is 361 cm³/mol. The lowest BCUT2D eigenvalue weighted by Crippen LogP contribution is -2.43. The summed E-state index contributed by atoms with van der Waals surface area (Å²) in [4.78, 5) is 69.5. The van der Waals surface area contributed by atoms with E-state index in [1.165, 1.54) is 9.80 Å². The van der Waals surface area contributed by atoms with Crippen molar-refractivity contribution in [3.8, 4) is 23.0 Å². The van der Waals surface area contributed by atoms with Crippen LogP contribution in [0.4, 0.5) is 22.7 Å². The Morgan fingerprint density at radius 1 is 0.420 bits per heavy atom. The van der Waals surface area contributed by atoms with E-state index in [9.17, 15) is 0 Å². The minimum Gasteiger partial charge on any atom is -0.457 e. The van der Waals surface area contributed by atoms with Crippen LogP contribution in [0.5, 0.6) is 23.0 Å². The van der Waals surface area contributed by atoms with Crippen molar-refractivity contribution in [3.05, 3.63) is 190 Å². The molecule has 3 aliphatic rings. The number of carbonyl (C=O) groups excluding carboxylic acids is 4. The number of para-hydroxylation sites is 2. The van der Waals surface area contributed by atoms with E-state index >= 15 is 19.2 Å². The number of fused-ring (bicyclic) bond motifs is 4. The molecule has 0 saturated carbocycles. The van der Waals surface area contributed by atoms with Crippen molar-refractivity contribution < 1.29 is 28.7 Å². The molecular formula is C78H77N3O6S. The zero-order valence-electron chi connectivity index (χ0n) is 53.2. The number of hydrogen-bond donors (Lipinski definition) is 0. The minimum atomic E-state index is -0.496. The first kappa shape index (κ1) is 58.5. The Morgan fingerprint density at radius 3 is 1.25 bits per heavy atom. The van der Waals surface area contributed by atoms with Gasteiger partial charge in [0.25, 0.3) is 23.6 Å². The van der Waals surface area contributed by atoms with Gasteiger partial charge in [-0.1, -0.05) is 176 Å². The van der Waals surface area contributed by atoms with Crippen LogP contribution in [0, 0.1) is 5.92 Å². The van der Waals surface area contributed by atoms with Gasteiger partial charge in [-0.15, -0.1) is 0 Å². The van der Waals surface area contributed by atoms with E-state index in [1.807, 2.05) is 84.9 Å². The monoisotopic (exact) mass is 1180 g/mol. The van der Waals surface area contributed by atoms with E-state index in [4.69, 9.17) is 9.47 Å². The number of amides is 4. The number of benzene rings is 10. The van der Waals surface area contributed by atoms with Gasteiger partial charge in [0.05, 0.1) is 28.2 Å². The number of rotatable bonds is 12. The number of nitrogens with zero attached hydrogens (tertiary/aromatic N) is 3. The lowest BCUT2D eigenvalue weighted by Gasteiger charge is -2.33. The van der Waals surface area contributed by atoms with E-state index in [0.29, 0.717) is 101 Å². The van der Waals surface area contributed by atoms with E-state index in [1.54, 1.807) is 11.8 Å². The zero-order chi connectivity index (χ0) is 62.3. The third-order valence-corrected chi connectivity index (χ3v) is 19.5. The molecule has 0 aliphatic carbocycles. The van der Waals surface area contributed by atoms with Gasteiger partial charge in [-0.25, -0.2) is 4.90 Å². The van der Waals surface area contributed by atoms with Crippen molar-refractivity contribution >= 4 is 101 Å². The zero-order valence-corrected chi connectivity index (χ0v) is 54.0. The van der Waals surface area contributed by atoms with Gasteiger partial charge in [0.1, 0.15) is 23.0 Å². The highest BCUT2D eigenvalue weighted by molar-refractivity contribution is 7.99. The summed E-state index contributed by atoms with van der Waals surface area (Å²) in [6.45, 7) is 30.9. The Balaban J connectivity index is 1.08. The van der Waals surface area contributed by atoms with Gasteiger partial charge in [0.15, 0.2) is 0 Å². The molecule has 3 aliphatic heterocycles. The number of anilines is 4. The quantitative estimate of drug-likeness (QED) is 0.0678. The van der Waals surface area contributed by atoms with Crippen molar-refractivity contribution in [2.75, 3.05) is 16.3 Å². The van der Waals surface area contributed by atoms with Crippen molar-refractivity contribution in [1.82, 2.24) is 4.90 Å². The average Bonchev–Trinajstić information content (AvgIpc) is 0.691. The van der Waals surface area contributed by atoms with Crippen LogP contribution >= 0.6 is 11.8 Å². The van der Waals surface area contributed by atoms with Crippen molar-refractivity contribution in [3.63, 3.8) is 0 Å². The average molecular weight is 1180 g/mol. The van der Waals surface area contributed by atoms with Gasteiger partial charge in [0.2, 0.25) is 0 Å². The molecule has 10 aromatic carbocycles. The first-order valence-corrected chi connectivity index (χ1v) is 32.0. The molecule has 0 aromatic heterocycles. The molecule has 0 saturated heterocycles. The van der Waals surface area contributed by atoms with E-state index in [0.717, 1.165) is 74.8 Å².